The minimum Gasteiger partial charge on any atom is -0.392 e. The van der Waals surface area contributed by atoms with Crippen LogP contribution in [0.1, 0.15) is 53.1 Å². The number of benzene rings is 4. The van der Waals surface area contributed by atoms with Gasteiger partial charge < -0.3 is 9.67 Å². The smallest absolute Gasteiger partial charge is 0.0681 e. The van der Waals surface area contributed by atoms with Crippen LogP contribution in [0.5, 0.6) is 0 Å². The molecule has 0 unspecified atom stereocenters. The summed E-state index contributed by atoms with van der Waals surface area (Å²) in [5.41, 5.74) is 8.56. The van der Waals surface area contributed by atoms with Gasteiger partial charge >= 0.3 is 0 Å². The molecule has 0 bridgehead atoms. The molecule has 4 aromatic carbocycles. The number of hydrogen-bond donors (Lipinski definition) is 1. The molecule has 1 heterocycles. The molecule has 0 amide bonds. The van der Waals surface area contributed by atoms with Crippen LogP contribution in [0, 0.1) is 30.6 Å². The van der Waals surface area contributed by atoms with Crippen molar-refractivity contribution in [2.45, 2.75) is 39.8 Å². The molecule has 0 aliphatic heterocycles. The van der Waals surface area contributed by atoms with Gasteiger partial charge in [0.2, 0.25) is 0 Å². The standard InChI is InChI=1S/C34H29NO/c1-3-4-21-35-33-22-28(13-9-26-7-5-25(2)6-8-26)17-19-31(33)32-20-18-29(23-34(32)35)14-10-27-11-15-30(24-36)16-12-27/h5-8,11-12,15-20,22-23,36H,3-4,21,24H2,1-2H3. The Balaban J connectivity index is 1.55. The second-order valence-corrected chi connectivity index (χ2v) is 9.19. The van der Waals surface area contributed by atoms with Gasteiger partial charge in [-0.1, -0.05) is 79.0 Å². The molecule has 2 heteroatoms. The predicted molar refractivity (Wildman–Crippen MR) is 150 cm³/mol. The predicted octanol–water partition coefficient (Wildman–Crippen LogP) is 7.19. The van der Waals surface area contributed by atoms with Crippen LogP contribution < -0.4 is 0 Å². The molecular formula is C34H29NO. The SMILES string of the molecule is CCCCn1c2cc(C#Cc3ccc(C)cc3)ccc2c2ccc(C#Cc3ccc(CO)cc3)cc21. The van der Waals surface area contributed by atoms with E-state index in [1.165, 1.54) is 27.4 Å². The van der Waals surface area contributed by atoms with E-state index >= 15 is 0 Å². The quantitative estimate of drug-likeness (QED) is 0.278. The number of hydrogen-bond acceptors (Lipinski definition) is 1. The molecule has 0 fully saturated rings. The lowest BCUT2D eigenvalue weighted by Crippen LogP contribution is -1.97. The third kappa shape index (κ3) is 5.06. The van der Waals surface area contributed by atoms with E-state index in [1.807, 2.05) is 24.3 Å². The zero-order chi connectivity index (χ0) is 24.9. The number of aliphatic hydroxyl groups excluding tert-OH is 1. The molecule has 0 saturated heterocycles. The number of rotatable bonds is 4. The Hall–Kier alpha value is -4.24. The lowest BCUT2D eigenvalue weighted by Gasteiger charge is -2.07. The van der Waals surface area contributed by atoms with Gasteiger partial charge in [-0.3, -0.25) is 0 Å². The molecule has 0 atom stereocenters. The molecular weight excluding hydrogens is 438 g/mol. The summed E-state index contributed by atoms with van der Waals surface area (Å²) < 4.78 is 2.42. The van der Waals surface area contributed by atoms with Gasteiger partial charge in [-0.25, -0.2) is 0 Å². The van der Waals surface area contributed by atoms with Gasteiger partial charge in [-0.2, -0.15) is 0 Å². The summed E-state index contributed by atoms with van der Waals surface area (Å²) in [6, 6.07) is 29.1. The van der Waals surface area contributed by atoms with E-state index in [0.717, 1.165) is 47.2 Å². The molecule has 1 aromatic heterocycles. The maximum absolute atomic E-state index is 9.25. The third-order valence-corrected chi connectivity index (χ3v) is 6.49. The molecule has 0 saturated carbocycles. The van der Waals surface area contributed by atoms with Gasteiger partial charge in [0, 0.05) is 39.6 Å². The zero-order valence-electron chi connectivity index (χ0n) is 20.8. The number of aliphatic hydroxyl groups is 1. The van der Waals surface area contributed by atoms with Crippen LogP contribution in [0.2, 0.25) is 0 Å². The van der Waals surface area contributed by atoms with Crippen LogP contribution >= 0.6 is 0 Å². The second kappa shape index (κ2) is 10.6. The molecule has 0 aliphatic rings. The van der Waals surface area contributed by atoms with Gasteiger partial charge in [0.15, 0.2) is 0 Å². The van der Waals surface area contributed by atoms with Crippen molar-refractivity contribution in [2.24, 2.45) is 0 Å². The van der Waals surface area contributed by atoms with E-state index in [9.17, 15) is 5.11 Å². The Morgan fingerprint density at radius 2 is 1.11 bits per heavy atom. The average Bonchev–Trinajstić information content (AvgIpc) is 3.22. The molecule has 5 aromatic rings. The first kappa shape index (κ1) is 23.5. The van der Waals surface area contributed by atoms with Gasteiger partial charge in [0.25, 0.3) is 0 Å². The number of nitrogens with zero attached hydrogens (tertiary/aromatic N) is 1. The molecule has 0 spiro atoms. The van der Waals surface area contributed by atoms with Crippen LogP contribution in [0.25, 0.3) is 21.8 Å². The fourth-order valence-electron chi connectivity index (χ4n) is 4.43. The van der Waals surface area contributed by atoms with E-state index in [0.29, 0.717) is 0 Å². The Morgan fingerprint density at radius 3 is 1.61 bits per heavy atom. The first-order chi connectivity index (χ1) is 17.6. The van der Waals surface area contributed by atoms with Crippen LogP contribution in [0.3, 0.4) is 0 Å². The summed E-state index contributed by atoms with van der Waals surface area (Å²) in [4.78, 5) is 0. The number of fused-ring (bicyclic) bond motifs is 3. The van der Waals surface area contributed by atoms with Crippen molar-refractivity contribution in [1.82, 2.24) is 4.57 Å². The van der Waals surface area contributed by atoms with Crippen molar-refractivity contribution in [3.63, 3.8) is 0 Å². The van der Waals surface area contributed by atoms with Gasteiger partial charge in [-0.05, 0) is 67.4 Å². The Bertz CT molecular complexity index is 1650. The summed E-state index contributed by atoms with van der Waals surface area (Å²) >= 11 is 0. The first-order valence-electron chi connectivity index (χ1n) is 12.5. The van der Waals surface area contributed by atoms with E-state index in [4.69, 9.17) is 0 Å². The summed E-state index contributed by atoms with van der Waals surface area (Å²) in [7, 11) is 0. The van der Waals surface area contributed by atoms with E-state index < -0.39 is 0 Å². The van der Waals surface area contributed by atoms with Crippen molar-refractivity contribution >= 4 is 21.8 Å². The Kier molecular flexibility index (Phi) is 6.90. The van der Waals surface area contributed by atoms with E-state index in [2.05, 4.69) is 103 Å². The van der Waals surface area contributed by atoms with Crippen LogP contribution in [0.15, 0.2) is 84.9 Å². The largest absolute Gasteiger partial charge is 0.392 e. The highest BCUT2D eigenvalue weighted by atomic mass is 16.3. The van der Waals surface area contributed by atoms with Crippen LogP contribution in [-0.4, -0.2) is 9.67 Å². The number of unbranched alkanes of at least 4 members (excludes halogenated alkanes) is 1. The lowest BCUT2D eigenvalue weighted by molar-refractivity contribution is 0.282. The summed E-state index contributed by atoms with van der Waals surface area (Å²) in [5, 5.41) is 11.7. The van der Waals surface area contributed by atoms with Crippen molar-refractivity contribution in [3.8, 4) is 23.7 Å². The molecule has 36 heavy (non-hydrogen) atoms. The van der Waals surface area contributed by atoms with Crippen LogP contribution in [-0.2, 0) is 13.2 Å². The van der Waals surface area contributed by atoms with Gasteiger partial charge in [0.1, 0.15) is 0 Å². The first-order valence-corrected chi connectivity index (χ1v) is 12.5. The number of aryl methyl sites for hydroxylation is 2. The normalized spacial score (nSPS) is 10.6. The summed E-state index contributed by atoms with van der Waals surface area (Å²) in [6.45, 7) is 5.33. The van der Waals surface area contributed by atoms with E-state index in [1.54, 1.807) is 0 Å². The summed E-state index contributed by atoms with van der Waals surface area (Å²) in [5.74, 6) is 13.2. The van der Waals surface area contributed by atoms with Gasteiger partial charge in [0.05, 0.1) is 17.6 Å². The zero-order valence-corrected chi connectivity index (χ0v) is 20.8. The van der Waals surface area contributed by atoms with E-state index in [-0.39, 0.29) is 6.61 Å². The molecule has 176 valence electrons. The van der Waals surface area contributed by atoms with Crippen molar-refractivity contribution in [3.05, 3.63) is 118 Å². The van der Waals surface area contributed by atoms with Crippen molar-refractivity contribution < 1.29 is 5.11 Å². The third-order valence-electron chi connectivity index (χ3n) is 6.49. The van der Waals surface area contributed by atoms with Gasteiger partial charge in [-0.15, -0.1) is 0 Å². The molecule has 1 N–H and O–H groups in total. The minimum absolute atomic E-state index is 0.0476. The molecule has 0 aliphatic carbocycles. The Morgan fingerprint density at radius 1 is 0.639 bits per heavy atom. The van der Waals surface area contributed by atoms with Crippen molar-refractivity contribution in [2.75, 3.05) is 0 Å². The molecule has 2 nitrogen and oxygen atoms in total. The lowest BCUT2D eigenvalue weighted by atomic mass is 10.1. The number of aromatic nitrogens is 1. The summed E-state index contributed by atoms with van der Waals surface area (Å²) in [6.07, 6.45) is 2.25. The molecule has 0 radical (unpaired) electrons. The fraction of sp³-hybridized carbons (Fsp3) is 0.176. The maximum atomic E-state index is 9.25. The highest BCUT2D eigenvalue weighted by molar-refractivity contribution is 6.08. The van der Waals surface area contributed by atoms with Crippen LogP contribution in [0.4, 0.5) is 0 Å². The average molecular weight is 468 g/mol. The van der Waals surface area contributed by atoms with Crippen molar-refractivity contribution in [1.29, 1.82) is 0 Å². The fourth-order valence-corrected chi connectivity index (χ4v) is 4.43. The highest BCUT2D eigenvalue weighted by Gasteiger charge is 2.11. The monoisotopic (exact) mass is 467 g/mol. The topological polar surface area (TPSA) is 25.2 Å². The maximum Gasteiger partial charge on any atom is 0.0681 e. The second-order valence-electron chi connectivity index (χ2n) is 9.19. The minimum atomic E-state index is 0.0476. The Labute approximate surface area is 213 Å². The molecule has 5 rings (SSSR count). The highest BCUT2D eigenvalue weighted by Crippen LogP contribution is 2.31.